The molecule has 2 heteroatoms. The lowest BCUT2D eigenvalue weighted by atomic mass is 9.47. The summed E-state index contributed by atoms with van der Waals surface area (Å²) < 4.78 is 0. The van der Waals surface area contributed by atoms with Gasteiger partial charge >= 0.3 is 0 Å². The Morgan fingerprint density at radius 3 is 1.53 bits per heavy atom. The zero-order chi connectivity index (χ0) is 21.2. The summed E-state index contributed by atoms with van der Waals surface area (Å²) in [5.41, 5.74) is 2.81. The Kier molecular flexibility index (Phi) is 3.53. The average Bonchev–Trinajstić information content (AvgIpc) is 2.71. The van der Waals surface area contributed by atoms with Gasteiger partial charge in [-0.25, -0.2) is 0 Å². The molecule has 2 aromatic carbocycles. The van der Waals surface area contributed by atoms with E-state index in [9.17, 15) is 10.2 Å². The first-order valence-corrected chi connectivity index (χ1v) is 13.5. The molecule has 0 aromatic heterocycles. The summed E-state index contributed by atoms with van der Waals surface area (Å²) in [7, 11) is 0. The first-order valence-electron chi connectivity index (χ1n) is 13.5. The van der Waals surface area contributed by atoms with Crippen LogP contribution in [0.2, 0.25) is 0 Å². The second-order valence-corrected chi connectivity index (χ2v) is 13.4. The summed E-state index contributed by atoms with van der Waals surface area (Å²) in [6, 6.07) is 8.39. The normalized spacial score (nSPS) is 45.8. The SMILES string of the molecule is Oc1cc2ccc(O)c(C34CC5CC(CC(C5)C3)C4)c2cc1C12CC3CC(CC(C3)C1)C2. The Hall–Kier alpha value is -1.70. The van der Waals surface area contributed by atoms with Gasteiger partial charge in [-0.15, -0.1) is 0 Å². The van der Waals surface area contributed by atoms with Gasteiger partial charge in [-0.3, -0.25) is 0 Å². The van der Waals surface area contributed by atoms with Crippen LogP contribution in [0, 0.1) is 35.5 Å². The maximum atomic E-state index is 11.3. The largest absolute Gasteiger partial charge is 0.508 e. The van der Waals surface area contributed by atoms with Gasteiger partial charge in [0.05, 0.1) is 0 Å². The molecule has 8 fully saturated rings. The highest BCUT2D eigenvalue weighted by molar-refractivity contribution is 5.91. The number of fused-ring (bicyclic) bond motifs is 1. The van der Waals surface area contributed by atoms with E-state index in [2.05, 4.69) is 6.07 Å². The summed E-state index contributed by atoms with van der Waals surface area (Å²) in [5.74, 6) is 6.19. The van der Waals surface area contributed by atoms with Crippen molar-refractivity contribution < 1.29 is 10.2 Å². The molecular formula is C30H36O2. The zero-order valence-corrected chi connectivity index (χ0v) is 19.2. The van der Waals surface area contributed by atoms with Gasteiger partial charge in [-0.2, -0.15) is 0 Å². The van der Waals surface area contributed by atoms with Crippen molar-refractivity contribution in [3.8, 4) is 11.5 Å². The summed E-state index contributed by atoms with van der Waals surface area (Å²) >= 11 is 0. The van der Waals surface area contributed by atoms with Crippen LogP contribution < -0.4 is 0 Å². The molecule has 0 saturated heterocycles. The van der Waals surface area contributed by atoms with Crippen LogP contribution in [0.4, 0.5) is 0 Å². The molecule has 8 saturated carbocycles. The van der Waals surface area contributed by atoms with Crippen LogP contribution in [0.3, 0.4) is 0 Å². The number of rotatable bonds is 2. The van der Waals surface area contributed by atoms with Crippen LogP contribution in [-0.2, 0) is 10.8 Å². The van der Waals surface area contributed by atoms with Crippen LogP contribution in [-0.4, -0.2) is 10.2 Å². The molecule has 0 aliphatic heterocycles. The van der Waals surface area contributed by atoms with Crippen molar-refractivity contribution in [2.24, 2.45) is 35.5 Å². The maximum Gasteiger partial charge on any atom is 0.119 e. The fourth-order valence-corrected chi connectivity index (χ4v) is 11.2. The number of hydrogen-bond donors (Lipinski definition) is 2. The quantitative estimate of drug-likeness (QED) is 0.531. The van der Waals surface area contributed by atoms with Crippen molar-refractivity contribution in [3.63, 3.8) is 0 Å². The van der Waals surface area contributed by atoms with Crippen LogP contribution in [0.5, 0.6) is 11.5 Å². The molecule has 8 aliphatic rings. The van der Waals surface area contributed by atoms with Crippen LogP contribution in [0.25, 0.3) is 10.8 Å². The highest BCUT2D eigenvalue weighted by Gasteiger charge is 2.54. The molecule has 32 heavy (non-hydrogen) atoms. The van der Waals surface area contributed by atoms with Crippen molar-refractivity contribution in [1.29, 1.82) is 0 Å². The Balaban J connectivity index is 1.32. The molecule has 8 bridgehead atoms. The van der Waals surface area contributed by atoms with Crippen molar-refractivity contribution in [2.75, 3.05) is 0 Å². The third kappa shape index (κ3) is 2.42. The Morgan fingerprint density at radius 2 is 1.03 bits per heavy atom. The van der Waals surface area contributed by atoms with Crippen LogP contribution in [0.1, 0.15) is 88.2 Å². The van der Waals surface area contributed by atoms with Gasteiger partial charge in [-0.1, -0.05) is 6.07 Å². The smallest absolute Gasteiger partial charge is 0.119 e. The fraction of sp³-hybridized carbons (Fsp3) is 0.667. The van der Waals surface area contributed by atoms with E-state index < -0.39 is 0 Å². The monoisotopic (exact) mass is 428 g/mol. The molecule has 2 nitrogen and oxygen atoms in total. The molecule has 0 unspecified atom stereocenters. The highest BCUT2D eigenvalue weighted by atomic mass is 16.3. The number of aromatic hydroxyl groups is 2. The van der Waals surface area contributed by atoms with Gasteiger partial charge in [-0.05, 0) is 147 Å². The van der Waals surface area contributed by atoms with E-state index in [4.69, 9.17) is 0 Å². The number of hydrogen-bond acceptors (Lipinski definition) is 2. The van der Waals surface area contributed by atoms with Crippen molar-refractivity contribution in [2.45, 2.75) is 87.9 Å². The molecule has 10 rings (SSSR count). The minimum Gasteiger partial charge on any atom is -0.508 e. The molecule has 2 N–H and O–H groups in total. The summed E-state index contributed by atoms with van der Waals surface area (Å²) in [5, 5.41) is 25.0. The molecule has 0 amide bonds. The molecule has 0 heterocycles. The maximum absolute atomic E-state index is 11.3. The molecular weight excluding hydrogens is 392 g/mol. The molecule has 0 atom stereocenters. The van der Waals surface area contributed by atoms with Gasteiger partial charge in [0.15, 0.2) is 0 Å². The van der Waals surface area contributed by atoms with Gasteiger partial charge in [0, 0.05) is 16.5 Å². The van der Waals surface area contributed by atoms with E-state index in [-0.39, 0.29) is 10.8 Å². The van der Waals surface area contributed by atoms with Crippen LogP contribution in [0.15, 0.2) is 24.3 Å². The average molecular weight is 429 g/mol. The molecule has 168 valence electrons. The van der Waals surface area contributed by atoms with Crippen LogP contribution >= 0.6 is 0 Å². The lowest BCUT2D eigenvalue weighted by molar-refractivity contribution is -0.00665. The van der Waals surface area contributed by atoms with E-state index in [0.29, 0.717) is 11.5 Å². The molecule has 2 aromatic rings. The summed E-state index contributed by atoms with van der Waals surface area (Å²) in [6.45, 7) is 0. The molecule has 0 spiro atoms. The Labute approximate surface area is 191 Å². The van der Waals surface area contributed by atoms with E-state index in [1.165, 1.54) is 93.6 Å². The minimum absolute atomic E-state index is 0.161. The molecule has 8 aliphatic carbocycles. The van der Waals surface area contributed by atoms with E-state index >= 15 is 0 Å². The van der Waals surface area contributed by atoms with E-state index in [1.54, 1.807) is 0 Å². The third-order valence-corrected chi connectivity index (χ3v) is 11.3. The Bertz CT molecular complexity index is 1060. The highest BCUT2D eigenvalue weighted by Crippen LogP contribution is 2.64. The first kappa shape index (κ1) is 18.7. The fourth-order valence-electron chi connectivity index (χ4n) is 11.2. The topological polar surface area (TPSA) is 40.5 Å². The van der Waals surface area contributed by atoms with E-state index in [0.717, 1.165) is 40.9 Å². The predicted molar refractivity (Wildman–Crippen MR) is 127 cm³/mol. The lowest BCUT2D eigenvalue weighted by Gasteiger charge is -2.58. The minimum atomic E-state index is 0.161. The molecule has 0 radical (unpaired) electrons. The standard InChI is InChI=1S/C30H36O2/c31-26-2-1-23-9-27(32)25(29-11-17-3-18(12-29)5-19(4-17)13-29)10-24(23)28(26)30-14-20-6-21(15-30)8-22(7-20)16-30/h1-2,9-10,17-22,31-32H,3-8,11-16H2. The van der Waals surface area contributed by atoms with Crippen molar-refractivity contribution in [1.82, 2.24) is 0 Å². The van der Waals surface area contributed by atoms with Gasteiger partial charge < -0.3 is 10.2 Å². The number of benzene rings is 2. The summed E-state index contributed by atoms with van der Waals surface area (Å²) in [6.07, 6.45) is 16.1. The second-order valence-electron chi connectivity index (χ2n) is 13.4. The predicted octanol–water partition coefficient (Wildman–Crippen LogP) is 7.19. The Morgan fingerprint density at radius 1 is 0.562 bits per heavy atom. The van der Waals surface area contributed by atoms with Crippen molar-refractivity contribution in [3.05, 3.63) is 35.4 Å². The third-order valence-electron chi connectivity index (χ3n) is 11.3. The van der Waals surface area contributed by atoms with E-state index in [1.807, 2.05) is 18.2 Å². The first-order chi connectivity index (χ1) is 15.5. The van der Waals surface area contributed by atoms with Crippen molar-refractivity contribution >= 4 is 10.8 Å². The zero-order valence-electron chi connectivity index (χ0n) is 19.2. The van der Waals surface area contributed by atoms with Gasteiger partial charge in [0.2, 0.25) is 0 Å². The number of phenols is 2. The second kappa shape index (κ2) is 6.05. The van der Waals surface area contributed by atoms with Gasteiger partial charge in [0.1, 0.15) is 11.5 Å². The lowest BCUT2D eigenvalue weighted by Crippen LogP contribution is -2.49. The number of phenolic OH excluding ortho intramolecular Hbond substituents is 2. The van der Waals surface area contributed by atoms with Gasteiger partial charge in [0.25, 0.3) is 0 Å². The summed E-state index contributed by atoms with van der Waals surface area (Å²) in [4.78, 5) is 0.